The van der Waals surface area contributed by atoms with E-state index in [1.165, 1.54) is 0 Å². The van der Waals surface area contributed by atoms with Gasteiger partial charge in [0.05, 0.1) is 0 Å². The molecule has 1 heterocycles. The Balaban J connectivity index is 1.37. The second-order valence-corrected chi connectivity index (χ2v) is 9.23. The molecule has 1 atom stereocenters. The number of aromatic amines is 1. The van der Waals surface area contributed by atoms with Crippen molar-refractivity contribution in [3.05, 3.63) is 137 Å². The molecule has 36 heavy (non-hydrogen) atoms. The van der Waals surface area contributed by atoms with Crippen LogP contribution in [0.4, 0.5) is 0 Å². The zero-order valence-electron chi connectivity index (χ0n) is 19.8. The lowest BCUT2D eigenvalue weighted by atomic mass is 9.88. The molecule has 1 amide bonds. The van der Waals surface area contributed by atoms with Gasteiger partial charge in [0.1, 0.15) is 12.4 Å². The lowest BCUT2D eigenvalue weighted by Crippen LogP contribution is -2.25. The quantitative estimate of drug-likeness (QED) is 0.227. The number of benzene rings is 4. The first-order valence-electron chi connectivity index (χ1n) is 12.0. The van der Waals surface area contributed by atoms with Crippen LogP contribution in [0.25, 0.3) is 10.9 Å². The van der Waals surface area contributed by atoms with Gasteiger partial charge in [-0.25, -0.2) is 0 Å². The zero-order valence-corrected chi connectivity index (χ0v) is 20.5. The van der Waals surface area contributed by atoms with Crippen molar-refractivity contribution in [2.45, 2.75) is 25.5 Å². The number of aromatic nitrogens is 1. The Morgan fingerprint density at radius 1 is 0.861 bits per heavy atom. The summed E-state index contributed by atoms with van der Waals surface area (Å²) >= 11 is 6.32. The Kier molecular flexibility index (Phi) is 7.34. The van der Waals surface area contributed by atoms with Crippen LogP contribution in [0.1, 0.15) is 34.6 Å². The van der Waals surface area contributed by atoms with E-state index in [9.17, 15) is 4.79 Å². The summed E-state index contributed by atoms with van der Waals surface area (Å²) < 4.78 is 5.97. The Labute approximate surface area is 215 Å². The molecule has 0 bridgehead atoms. The van der Waals surface area contributed by atoms with Gasteiger partial charge in [-0.05, 0) is 52.6 Å². The van der Waals surface area contributed by atoms with Gasteiger partial charge in [-0.1, -0.05) is 84.4 Å². The van der Waals surface area contributed by atoms with E-state index in [0.29, 0.717) is 24.6 Å². The maximum absolute atomic E-state index is 13.1. The molecule has 0 saturated heterocycles. The van der Waals surface area contributed by atoms with E-state index in [0.717, 1.165) is 38.9 Å². The molecule has 0 fully saturated rings. The topological polar surface area (TPSA) is 54.1 Å². The molecule has 2 N–H and O–H groups in total. The van der Waals surface area contributed by atoms with Gasteiger partial charge in [0.2, 0.25) is 5.91 Å². The van der Waals surface area contributed by atoms with E-state index in [1.807, 2.05) is 109 Å². The molecule has 0 aliphatic heterocycles. The van der Waals surface area contributed by atoms with Crippen LogP contribution in [0.2, 0.25) is 5.02 Å². The van der Waals surface area contributed by atoms with Crippen molar-refractivity contribution in [1.29, 1.82) is 0 Å². The highest BCUT2D eigenvalue weighted by Crippen LogP contribution is 2.35. The number of hydrogen-bond acceptors (Lipinski definition) is 2. The number of halogens is 1. The minimum atomic E-state index is -0.142. The van der Waals surface area contributed by atoms with E-state index < -0.39 is 0 Å². The van der Waals surface area contributed by atoms with E-state index in [1.54, 1.807) is 0 Å². The van der Waals surface area contributed by atoms with Crippen LogP contribution in [0.15, 0.2) is 109 Å². The van der Waals surface area contributed by atoms with Crippen molar-refractivity contribution in [3.8, 4) is 5.75 Å². The molecule has 4 nitrogen and oxygen atoms in total. The zero-order chi connectivity index (χ0) is 24.7. The molecule has 0 aliphatic rings. The molecule has 0 radical (unpaired) electrons. The monoisotopic (exact) mass is 494 g/mol. The number of H-pyrrole nitrogens is 1. The molecular formula is C31H27ClN2O2. The van der Waals surface area contributed by atoms with Gasteiger partial charge in [0, 0.05) is 41.0 Å². The summed E-state index contributed by atoms with van der Waals surface area (Å²) in [6, 6.07) is 33.8. The number of hydrogen-bond donors (Lipinski definition) is 2. The second kappa shape index (κ2) is 11.1. The van der Waals surface area contributed by atoms with E-state index in [2.05, 4.69) is 10.3 Å². The molecule has 0 aliphatic carbocycles. The van der Waals surface area contributed by atoms with Crippen molar-refractivity contribution < 1.29 is 9.53 Å². The Morgan fingerprint density at radius 3 is 2.28 bits per heavy atom. The van der Waals surface area contributed by atoms with Gasteiger partial charge >= 0.3 is 0 Å². The van der Waals surface area contributed by atoms with Crippen LogP contribution in [0, 0.1) is 0 Å². The Bertz CT molecular complexity index is 1430. The predicted octanol–water partition coefficient (Wildman–Crippen LogP) is 7.24. The largest absolute Gasteiger partial charge is 0.489 e. The first kappa shape index (κ1) is 23.7. The van der Waals surface area contributed by atoms with Crippen LogP contribution in [0.3, 0.4) is 0 Å². The van der Waals surface area contributed by atoms with Crippen molar-refractivity contribution in [1.82, 2.24) is 10.3 Å². The van der Waals surface area contributed by atoms with Gasteiger partial charge in [-0.2, -0.15) is 0 Å². The third-order valence-electron chi connectivity index (χ3n) is 6.30. The van der Waals surface area contributed by atoms with Crippen molar-refractivity contribution in [2.24, 2.45) is 0 Å². The van der Waals surface area contributed by atoms with Crippen LogP contribution < -0.4 is 10.1 Å². The molecule has 1 aromatic heterocycles. The summed E-state index contributed by atoms with van der Waals surface area (Å²) in [7, 11) is 0. The number of ether oxygens (including phenoxy) is 1. The fraction of sp³-hybridized carbons (Fsp3) is 0.129. The van der Waals surface area contributed by atoms with Crippen molar-refractivity contribution in [3.63, 3.8) is 0 Å². The minimum absolute atomic E-state index is 0.00960. The van der Waals surface area contributed by atoms with Crippen LogP contribution in [-0.2, 0) is 17.9 Å². The number of fused-ring (bicyclic) bond motifs is 1. The first-order valence-corrected chi connectivity index (χ1v) is 12.4. The number of carbonyl (C=O) groups excluding carboxylic acids is 1. The van der Waals surface area contributed by atoms with Crippen LogP contribution in [-0.4, -0.2) is 10.9 Å². The SMILES string of the molecule is O=C(C[C@H](c1ccc(OCc2ccccc2)cc1)c1c[nH]c2ccc(Cl)cc12)NCc1ccccc1. The third-order valence-corrected chi connectivity index (χ3v) is 6.54. The normalized spacial score (nSPS) is 11.8. The summed E-state index contributed by atoms with van der Waals surface area (Å²) in [5, 5.41) is 4.76. The lowest BCUT2D eigenvalue weighted by Gasteiger charge is -2.18. The second-order valence-electron chi connectivity index (χ2n) is 8.80. The first-order chi connectivity index (χ1) is 17.7. The molecule has 5 rings (SSSR count). The molecule has 0 spiro atoms. The smallest absolute Gasteiger partial charge is 0.221 e. The highest BCUT2D eigenvalue weighted by Gasteiger charge is 2.22. The standard InChI is InChI=1S/C31H27ClN2O2/c32-25-13-16-30-28(17-25)29(20-33-30)27(18-31(35)34-19-22-7-3-1-4-8-22)24-11-14-26(15-12-24)36-21-23-9-5-2-6-10-23/h1-17,20,27,33H,18-19,21H2,(H,34,35)/t27-/m1/s1. The summed E-state index contributed by atoms with van der Waals surface area (Å²) in [6.07, 6.45) is 2.30. The van der Waals surface area contributed by atoms with Gasteiger partial charge in [0.15, 0.2) is 0 Å². The maximum atomic E-state index is 13.1. The summed E-state index contributed by atoms with van der Waals surface area (Å²) in [6.45, 7) is 1.00. The molecule has 180 valence electrons. The molecule has 5 aromatic rings. The van der Waals surface area contributed by atoms with Crippen LogP contribution >= 0.6 is 11.6 Å². The number of nitrogens with one attached hydrogen (secondary N) is 2. The van der Waals surface area contributed by atoms with E-state index >= 15 is 0 Å². The summed E-state index contributed by atoms with van der Waals surface area (Å²) in [5.41, 5.74) is 5.26. The fourth-order valence-electron chi connectivity index (χ4n) is 4.40. The summed E-state index contributed by atoms with van der Waals surface area (Å²) in [4.78, 5) is 16.4. The molecule has 0 saturated carbocycles. The average Bonchev–Trinajstić information content (AvgIpc) is 3.34. The molecule has 4 aromatic carbocycles. The molecule has 5 heteroatoms. The number of rotatable bonds is 9. The highest BCUT2D eigenvalue weighted by atomic mass is 35.5. The molecular weight excluding hydrogens is 468 g/mol. The number of carbonyl (C=O) groups is 1. The minimum Gasteiger partial charge on any atom is -0.489 e. The highest BCUT2D eigenvalue weighted by molar-refractivity contribution is 6.31. The fourth-order valence-corrected chi connectivity index (χ4v) is 4.57. The van der Waals surface area contributed by atoms with Gasteiger partial charge < -0.3 is 15.0 Å². The Hall–Kier alpha value is -4.02. The Morgan fingerprint density at radius 2 is 1.56 bits per heavy atom. The number of amides is 1. The third kappa shape index (κ3) is 5.78. The van der Waals surface area contributed by atoms with Crippen molar-refractivity contribution >= 4 is 28.4 Å². The van der Waals surface area contributed by atoms with Gasteiger partial charge in [0.25, 0.3) is 0 Å². The van der Waals surface area contributed by atoms with Crippen molar-refractivity contribution in [2.75, 3.05) is 0 Å². The maximum Gasteiger partial charge on any atom is 0.221 e. The van der Waals surface area contributed by atoms with E-state index in [4.69, 9.17) is 16.3 Å². The van der Waals surface area contributed by atoms with Gasteiger partial charge in [-0.3, -0.25) is 4.79 Å². The van der Waals surface area contributed by atoms with Crippen LogP contribution in [0.5, 0.6) is 5.75 Å². The van der Waals surface area contributed by atoms with E-state index in [-0.39, 0.29) is 11.8 Å². The molecule has 0 unspecified atom stereocenters. The lowest BCUT2D eigenvalue weighted by molar-refractivity contribution is -0.121. The average molecular weight is 495 g/mol. The van der Waals surface area contributed by atoms with Gasteiger partial charge in [-0.15, -0.1) is 0 Å². The summed E-state index contributed by atoms with van der Waals surface area (Å²) in [5.74, 6) is 0.637. The predicted molar refractivity (Wildman–Crippen MR) is 145 cm³/mol.